The lowest BCUT2D eigenvalue weighted by molar-refractivity contribution is -0.121. The average Bonchev–Trinajstić information content (AvgIpc) is 3.62. The summed E-state index contributed by atoms with van der Waals surface area (Å²) in [7, 11) is 0. The Bertz CT molecular complexity index is 1450. The van der Waals surface area contributed by atoms with Crippen LogP contribution in [0.25, 0.3) is 22.6 Å². The molecule has 2 aromatic heterocycles. The number of benzene rings is 2. The second-order valence-corrected chi connectivity index (χ2v) is 8.52. The van der Waals surface area contributed by atoms with Crippen LogP contribution in [0, 0.1) is 0 Å². The fourth-order valence-corrected chi connectivity index (χ4v) is 4.93. The maximum atomic E-state index is 13.3. The number of anilines is 1. The summed E-state index contributed by atoms with van der Waals surface area (Å²) >= 11 is 0. The van der Waals surface area contributed by atoms with Crippen molar-refractivity contribution >= 4 is 40.1 Å². The molecule has 2 aliphatic rings. The Labute approximate surface area is 196 Å². The molecule has 0 atom stereocenters. The molecule has 3 heterocycles. The van der Waals surface area contributed by atoms with E-state index >= 15 is 0 Å². The molecule has 6 heteroatoms. The zero-order valence-electron chi connectivity index (χ0n) is 18.5. The summed E-state index contributed by atoms with van der Waals surface area (Å²) in [6.45, 7) is 0.304. The first-order valence-corrected chi connectivity index (χ1v) is 11.4. The van der Waals surface area contributed by atoms with Crippen molar-refractivity contribution in [3.8, 4) is 0 Å². The minimum atomic E-state index is -0.491. The van der Waals surface area contributed by atoms with Gasteiger partial charge < -0.3 is 14.1 Å². The van der Waals surface area contributed by atoms with E-state index in [2.05, 4.69) is 0 Å². The Kier molecular flexibility index (Phi) is 4.99. The van der Waals surface area contributed by atoms with Crippen molar-refractivity contribution in [3.63, 3.8) is 0 Å². The molecule has 0 saturated carbocycles. The van der Waals surface area contributed by atoms with E-state index in [9.17, 15) is 9.59 Å². The van der Waals surface area contributed by atoms with Crippen LogP contribution in [0.1, 0.15) is 39.4 Å². The number of hydrogen-bond donors (Lipinski definition) is 0. The van der Waals surface area contributed by atoms with Crippen LogP contribution in [-0.4, -0.2) is 30.0 Å². The Hall–Kier alpha value is -4.19. The van der Waals surface area contributed by atoms with Crippen molar-refractivity contribution in [2.75, 3.05) is 18.1 Å². The highest BCUT2D eigenvalue weighted by Gasteiger charge is 2.29. The zero-order chi connectivity index (χ0) is 23.1. The molecule has 4 aromatic rings. The van der Waals surface area contributed by atoms with Crippen molar-refractivity contribution in [2.45, 2.75) is 19.3 Å². The molecule has 0 N–H and O–H groups in total. The van der Waals surface area contributed by atoms with E-state index < -0.39 is 5.97 Å². The van der Waals surface area contributed by atoms with Gasteiger partial charge in [-0.15, -0.1) is 0 Å². The summed E-state index contributed by atoms with van der Waals surface area (Å²) in [6.07, 6.45) is 5.84. The first-order valence-electron chi connectivity index (χ1n) is 11.4. The summed E-state index contributed by atoms with van der Waals surface area (Å²) in [4.78, 5) is 32.8. The number of carbonyl (C=O) groups is 2. The second-order valence-electron chi connectivity index (χ2n) is 8.52. The number of hydrogen-bond acceptors (Lipinski definition) is 5. The lowest BCUT2D eigenvalue weighted by Gasteiger charge is -2.18. The maximum absolute atomic E-state index is 13.3. The normalized spacial score (nSPS) is 15.5. The van der Waals surface area contributed by atoms with E-state index in [0.29, 0.717) is 18.5 Å². The third kappa shape index (κ3) is 3.48. The van der Waals surface area contributed by atoms with Gasteiger partial charge in [0.25, 0.3) is 5.91 Å². The predicted molar refractivity (Wildman–Crippen MR) is 129 cm³/mol. The summed E-state index contributed by atoms with van der Waals surface area (Å²) in [5.41, 5.74) is 5.93. The lowest BCUT2D eigenvalue weighted by atomic mass is 10.0. The number of para-hydroxylation sites is 2. The number of amides is 1. The van der Waals surface area contributed by atoms with Gasteiger partial charge in [0.15, 0.2) is 6.61 Å². The fraction of sp³-hybridized carbons (Fsp3) is 0.179. The standard InChI is InChI=1S/C28H22N2O4/c31-25(30-14-13-18-6-1-4-10-24(18)30)17-34-28(32)26-21-8-2-3-9-23(21)29-27-19(11-12-22(26)27)16-20-7-5-15-33-20/h1-10,15-16H,11-14,17H2. The molecule has 0 bridgehead atoms. The van der Waals surface area contributed by atoms with Crippen LogP contribution in [0.4, 0.5) is 5.69 Å². The molecule has 1 aliphatic heterocycles. The molecule has 1 aliphatic carbocycles. The number of pyridine rings is 1. The van der Waals surface area contributed by atoms with Crippen molar-refractivity contribution < 1.29 is 18.7 Å². The third-order valence-corrected chi connectivity index (χ3v) is 6.52. The minimum Gasteiger partial charge on any atom is -0.465 e. The van der Waals surface area contributed by atoms with Gasteiger partial charge in [0.2, 0.25) is 0 Å². The fourth-order valence-electron chi connectivity index (χ4n) is 4.93. The van der Waals surface area contributed by atoms with Crippen molar-refractivity contribution in [2.24, 2.45) is 0 Å². The molecule has 0 spiro atoms. The molecule has 1 amide bonds. The van der Waals surface area contributed by atoms with Gasteiger partial charge in [0.1, 0.15) is 5.76 Å². The summed E-state index contributed by atoms with van der Waals surface area (Å²) in [6, 6.07) is 19.1. The van der Waals surface area contributed by atoms with E-state index in [1.807, 2.05) is 66.7 Å². The summed E-state index contributed by atoms with van der Waals surface area (Å²) in [5, 5.41) is 0.740. The Morgan fingerprint density at radius 2 is 1.85 bits per heavy atom. The van der Waals surface area contributed by atoms with Crippen LogP contribution in [0.15, 0.2) is 71.3 Å². The van der Waals surface area contributed by atoms with Crippen LogP contribution in [0.5, 0.6) is 0 Å². The highest BCUT2D eigenvalue weighted by Crippen LogP contribution is 2.38. The highest BCUT2D eigenvalue weighted by atomic mass is 16.5. The highest BCUT2D eigenvalue weighted by molar-refractivity contribution is 6.08. The molecule has 0 unspecified atom stereocenters. The number of carbonyl (C=O) groups excluding carboxylic acids is 2. The Balaban J connectivity index is 1.31. The van der Waals surface area contributed by atoms with Gasteiger partial charge in [0, 0.05) is 17.6 Å². The van der Waals surface area contributed by atoms with Gasteiger partial charge in [-0.25, -0.2) is 9.78 Å². The van der Waals surface area contributed by atoms with Gasteiger partial charge in [0.05, 0.1) is 23.0 Å². The van der Waals surface area contributed by atoms with Gasteiger partial charge in [-0.3, -0.25) is 4.79 Å². The van der Waals surface area contributed by atoms with Crippen LogP contribution in [0.3, 0.4) is 0 Å². The maximum Gasteiger partial charge on any atom is 0.339 e. The van der Waals surface area contributed by atoms with Crippen LogP contribution in [0.2, 0.25) is 0 Å². The van der Waals surface area contributed by atoms with Gasteiger partial charge in [-0.05, 0) is 66.3 Å². The third-order valence-electron chi connectivity index (χ3n) is 6.52. The number of esters is 1. The second kappa shape index (κ2) is 8.30. The molecular weight excluding hydrogens is 428 g/mol. The first kappa shape index (κ1) is 20.4. The number of nitrogens with zero attached hydrogens (tertiary/aromatic N) is 2. The number of ether oxygens (including phenoxy) is 1. The summed E-state index contributed by atoms with van der Waals surface area (Å²) < 4.78 is 11.1. The topological polar surface area (TPSA) is 72.6 Å². The van der Waals surface area contributed by atoms with Gasteiger partial charge in [-0.2, -0.15) is 0 Å². The average molecular weight is 450 g/mol. The number of fused-ring (bicyclic) bond motifs is 3. The SMILES string of the molecule is O=C(OCC(=O)N1CCc2ccccc21)c1c2c(nc3ccccc13)C(=Cc1ccco1)CC2. The van der Waals surface area contributed by atoms with Crippen molar-refractivity contribution in [3.05, 3.63) is 95.1 Å². The minimum absolute atomic E-state index is 0.216. The van der Waals surface area contributed by atoms with E-state index in [-0.39, 0.29) is 12.5 Å². The molecular formula is C28H22N2O4. The number of aromatic nitrogens is 1. The molecule has 2 aromatic carbocycles. The quantitative estimate of drug-likeness (QED) is 0.407. The molecule has 6 rings (SSSR count). The number of furan rings is 1. The molecule has 34 heavy (non-hydrogen) atoms. The van der Waals surface area contributed by atoms with Crippen molar-refractivity contribution in [1.29, 1.82) is 0 Å². The van der Waals surface area contributed by atoms with Gasteiger partial charge in [-0.1, -0.05) is 36.4 Å². The van der Waals surface area contributed by atoms with Crippen molar-refractivity contribution in [1.82, 2.24) is 4.98 Å². The predicted octanol–water partition coefficient (Wildman–Crippen LogP) is 5.06. The monoisotopic (exact) mass is 450 g/mol. The number of rotatable bonds is 4. The van der Waals surface area contributed by atoms with Crippen LogP contribution in [-0.2, 0) is 22.4 Å². The van der Waals surface area contributed by atoms with Gasteiger partial charge >= 0.3 is 5.97 Å². The molecule has 6 nitrogen and oxygen atoms in total. The lowest BCUT2D eigenvalue weighted by Crippen LogP contribution is -2.33. The molecule has 0 fully saturated rings. The molecule has 168 valence electrons. The number of allylic oxidation sites excluding steroid dienone is 1. The molecule has 0 saturated heterocycles. The van der Waals surface area contributed by atoms with Crippen LogP contribution >= 0.6 is 0 Å². The zero-order valence-corrected chi connectivity index (χ0v) is 18.5. The van der Waals surface area contributed by atoms with E-state index in [1.54, 1.807) is 11.2 Å². The Morgan fingerprint density at radius 1 is 1.00 bits per heavy atom. The summed E-state index contributed by atoms with van der Waals surface area (Å²) in [5.74, 6) is 0.0417. The Morgan fingerprint density at radius 3 is 2.74 bits per heavy atom. The smallest absolute Gasteiger partial charge is 0.339 e. The van der Waals surface area contributed by atoms with E-state index in [1.165, 1.54) is 0 Å². The van der Waals surface area contributed by atoms with E-state index in [4.69, 9.17) is 14.1 Å². The largest absolute Gasteiger partial charge is 0.465 e. The van der Waals surface area contributed by atoms with E-state index in [0.717, 1.165) is 57.6 Å². The first-order chi connectivity index (χ1) is 16.7. The van der Waals surface area contributed by atoms with Crippen LogP contribution < -0.4 is 4.90 Å². The molecule has 0 radical (unpaired) electrons.